The molecule has 1 aromatic carbocycles. The summed E-state index contributed by atoms with van der Waals surface area (Å²) in [5.74, 6) is 0.441. The van der Waals surface area contributed by atoms with E-state index in [2.05, 4.69) is 28.6 Å². The topological polar surface area (TPSA) is 92.5 Å². The zero-order valence-electron chi connectivity index (χ0n) is 16.2. The Bertz CT molecular complexity index is 918. The number of primary sulfonamides is 1. The maximum atomic E-state index is 12.7. The van der Waals surface area contributed by atoms with Crippen LogP contribution < -0.4 is 10.5 Å². The van der Waals surface area contributed by atoms with Gasteiger partial charge in [0, 0.05) is 17.0 Å². The Balaban J connectivity index is 1.74. The second-order valence-electron chi connectivity index (χ2n) is 7.49. The molecular weight excluding hydrogens is 394 g/mol. The van der Waals surface area contributed by atoms with Crippen molar-refractivity contribution in [1.82, 2.24) is 10.2 Å². The van der Waals surface area contributed by atoms with E-state index in [0.717, 1.165) is 31.8 Å². The van der Waals surface area contributed by atoms with Crippen molar-refractivity contribution in [2.24, 2.45) is 11.1 Å². The van der Waals surface area contributed by atoms with Crippen LogP contribution in [0.4, 0.5) is 0 Å². The number of carbonyl (C=O) groups excluding carboxylic acids is 1. The van der Waals surface area contributed by atoms with Crippen molar-refractivity contribution < 1.29 is 13.2 Å². The Hall–Kier alpha value is -1.74. The predicted molar refractivity (Wildman–Crippen MR) is 112 cm³/mol. The Labute approximate surface area is 170 Å². The summed E-state index contributed by atoms with van der Waals surface area (Å²) in [7, 11) is -3.87. The summed E-state index contributed by atoms with van der Waals surface area (Å²) in [6.45, 7) is 6.44. The van der Waals surface area contributed by atoms with Crippen LogP contribution in [0.3, 0.4) is 0 Å². The molecule has 3 rings (SSSR count). The number of thiophene rings is 1. The average Bonchev–Trinajstić information content (AvgIpc) is 3.17. The van der Waals surface area contributed by atoms with Crippen molar-refractivity contribution in [3.8, 4) is 0 Å². The number of hydrogen-bond donors (Lipinski definition) is 2. The number of nitrogens with one attached hydrogen (secondary N) is 1. The molecule has 1 atom stereocenters. The van der Waals surface area contributed by atoms with Gasteiger partial charge in [-0.05, 0) is 67.9 Å². The van der Waals surface area contributed by atoms with Crippen LogP contribution in [0.5, 0.6) is 0 Å². The lowest BCUT2D eigenvalue weighted by molar-refractivity contribution is 0.0914. The molecule has 8 heteroatoms. The van der Waals surface area contributed by atoms with Crippen LogP contribution in [0.15, 0.2) is 40.6 Å². The van der Waals surface area contributed by atoms with E-state index in [-0.39, 0.29) is 16.8 Å². The van der Waals surface area contributed by atoms with Crippen molar-refractivity contribution in [3.05, 3.63) is 51.7 Å². The fourth-order valence-corrected chi connectivity index (χ4v) is 5.24. The van der Waals surface area contributed by atoms with Gasteiger partial charge in [-0.25, -0.2) is 13.6 Å². The predicted octanol–water partition coefficient (Wildman–Crippen LogP) is 2.91. The maximum Gasteiger partial charge on any atom is 0.251 e. The molecule has 2 aromatic rings. The van der Waals surface area contributed by atoms with E-state index >= 15 is 0 Å². The summed E-state index contributed by atoms with van der Waals surface area (Å²) in [4.78, 5) is 16.3. The van der Waals surface area contributed by atoms with Gasteiger partial charge in [0.15, 0.2) is 0 Å². The SMILES string of the molecule is Cc1ccc(C(=O)NCC(c2cccs2)N2CCC(C)CC2)cc1S(N)(=O)=O. The summed E-state index contributed by atoms with van der Waals surface area (Å²) in [6.07, 6.45) is 2.32. The molecule has 0 spiro atoms. The minimum Gasteiger partial charge on any atom is -0.350 e. The number of benzene rings is 1. The maximum absolute atomic E-state index is 12.7. The summed E-state index contributed by atoms with van der Waals surface area (Å²) in [5.41, 5.74) is 0.824. The molecule has 0 radical (unpaired) electrons. The number of piperidine rings is 1. The molecule has 28 heavy (non-hydrogen) atoms. The first kappa shape index (κ1) is 21.0. The highest BCUT2D eigenvalue weighted by Crippen LogP contribution is 2.29. The summed E-state index contributed by atoms with van der Waals surface area (Å²) in [5, 5.41) is 10.3. The molecular formula is C20H27N3O3S2. The van der Waals surface area contributed by atoms with Gasteiger partial charge in [0.2, 0.25) is 10.0 Å². The molecule has 1 saturated heterocycles. The third kappa shape index (κ3) is 5.00. The highest BCUT2D eigenvalue weighted by Gasteiger charge is 2.26. The summed E-state index contributed by atoms with van der Waals surface area (Å²) < 4.78 is 23.4. The highest BCUT2D eigenvalue weighted by molar-refractivity contribution is 7.89. The van der Waals surface area contributed by atoms with Crippen molar-refractivity contribution in [1.29, 1.82) is 0 Å². The van der Waals surface area contributed by atoms with E-state index < -0.39 is 10.0 Å². The molecule has 0 aliphatic carbocycles. The van der Waals surface area contributed by atoms with E-state index in [1.165, 1.54) is 10.9 Å². The van der Waals surface area contributed by atoms with Crippen LogP contribution >= 0.6 is 11.3 Å². The van der Waals surface area contributed by atoms with E-state index in [9.17, 15) is 13.2 Å². The van der Waals surface area contributed by atoms with Crippen LogP contribution in [-0.4, -0.2) is 38.9 Å². The number of rotatable bonds is 6. The van der Waals surface area contributed by atoms with Crippen LogP contribution in [-0.2, 0) is 10.0 Å². The fourth-order valence-electron chi connectivity index (χ4n) is 3.57. The molecule has 6 nitrogen and oxygen atoms in total. The number of nitrogens with two attached hydrogens (primary N) is 1. The summed E-state index contributed by atoms with van der Waals surface area (Å²) in [6, 6.07) is 8.84. The van der Waals surface area contributed by atoms with Gasteiger partial charge >= 0.3 is 0 Å². The number of aryl methyl sites for hydroxylation is 1. The third-order valence-electron chi connectivity index (χ3n) is 5.34. The largest absolute Gasteiger partial charge is 0.350 e. The van der Waals surface area contributed by atoms with Gasteiger partial charge in [-0.1, -0.05) is 19.1 Å². The smallest absolute Gasteiger partial charge is 0.251 e. The number of carbonyl (C=O) groups is 1. The molecule has 0 bridgehead atoms. The average molecular weight is 422 g/mol. The monoisotopic (exact) mass is 421 g/mol. The molecule has 152 valence electrons. The number of likely N-dealkylation sites (tertiary alicyclic amines) is 1. The van der Waals surface area contributed by atoms with E-state index in [1.54, 1.807) is 30.4 Å². The Morgan fingerprint density at radius 2 is 2.04 bits per heavy atom. The van der Waals surface area contributed by atoms with Gasteiger partial charge in [0.1, 0.15) is 0 Å². The van der Waals surface area contributed by atoms with Crippen LogP contribution in [0.25, 0.3) is 0 Å². The first-order chi connectivity index (χ1) is 13.3. The summed E-state index contributed by atoms with van der Waals surface area (Å²) >= 11 is 1.69. The lowest BCUT2D eigenvalue weighted by Gasteiger charge is -2.36. The second-order valence-corrected chi connectivity index (χ2v) is 9.99. The lowest BCUT2D eigenvalue weighted by Crippen LogP contribution is -2.41. The first-order valence-electron chi connectivity index (χ1n) is 9.45. The van der Waals surface area contributed by atoms with Crippen LogP contribution in [0.1, 0.15) is 46.6 Å². The van der Waals surface area contributed by atoms with Crippen molar-refractivity contribution >= 4 is 27.3 Å². The second kappa shape index (κ2) is 8.73. The Morgan fingerprint density at radius 3 is 2.64 bits per heavy atom. The van der Waals surface area contributed by atoms with Crippen molar-refractivity contribution in [3.63, 3.8) is 0 Å². The van der Waals surface area contributed by atoms with Gasteiger partial charge in [-0.15, -0.1) is 11.3 Å². The Morgan fingerprint density at radius 1 is 1.32 bits per heavy atom. The number of sulfonamides is 1. The van der Waals surface area contributed by atoms with Gasteiger partial charge < -0.3 is 5.32 Å². The molecule has 1 aliphatic heterocycles. The first-order valence-corrected chi connectivity index (χ1v) is 11.9. The lowest BCUT2D eigenvalue weighted by atomic mass is 9.97. The van der Waals surface area contributed by atoms with E-state index in [0.29, 0.717) is 17.7 Å². The van der Waals surface area contributed by atoms with Crippen molar-refractivity contribution in [2.45, 2.75) is 37.6 Å². The van der Waals surface area contributed by atoms with Gasteiger partial charge in [-0.2, -0.15) is 0 Å². The fraction of sp³-hybridized carbons (Fsp3) is 0.450. The quantitative estimate of drug-likeness (QED) is 0.750. The van der Waals surface area contributed by atoms with Gasteiger partial charge in [-0.3, -0.25) is 9.69 Å². The zero-order chi connectivity index (χ0) is 20.3. The molecule has 0 saturated carbocycles. The van der Waals surface area contributed by atoms with E-state index in [4.69, 9.17) is 5.14 Å². The molecule has 1 amide bonds. The zero-order valence-corrected chi connectivity index (χ0v) is 17.9. The highest BCUT2D eigenvalue weighted by atomic mass is 32.2. The van der Waals surface area contributed by atoms with Crippen LogP contribution in [0.2, 0.25) is 0 Å². The minimum absolute atomic E-state index is 0.0139. The number of hydrogen-bond acceptors (Lipinski definition) is 5. The molecule has 1 unspecified atom stereocenters. The van der Waals surface area contributed by atoms with Crippen molar-refractivity contribution in [2.75, 3.05) is 19.6 Å². The molecule has 2 heterocycles. The molecule has 1 aromatic heterocycles. The number of amides is 1. The van der Waals surface area contributed by atoms with Gasteiger partial charge in [0.05, 0.1) is 10.9 Å². The minimum atomic E-state index is -3.87. The number of nitrogens with zero attached hydrogens (tertiary/aromatic N) is 1. The third-order valence-corrected chi connectivity index (χ3v) is 7.37. The van der Waals surface area contributed by atoms with Gasteiger partial charge in [0.25, 0.3) is 5.91 Å². The molecule has 1 fully saturated rings. The molecule has 1 aliphatic rings. The molecule has 3 N–H and O–H groups in total. The normalized spacial score (nSPS) is 17.4. The van der Waals surface area contributed by atoms with E-state index in [1.807, 2.05) is 6.07 Å². The Kier molecular flexibility index (Phi) is 6.54. The standard InChI is InChI=1S/C20H27N3O3S2/c1-14-7-9-23(10-8-14)17(18-4-3-11-27-18)13-22-20(24)16-6-5-15(2)19(12-16)28(21,25)26/h3-6,11-12,14,17H,7-10,13H2,1-2H3,(H,22,24)(H2,21,25,26). The van der Waals surface area contributed by atoms with Crippen LogP contribution in [0, 0.1) is 12.8 Å².